The van der Waals surface area contributed by atoms with Crippen LogP contribution in [0.1, 0.15) is 57.6 Å². The van der Waals surface area contributed by atoms with E-state index in [0.717, 1.165) is 12.8 Å². The van der Waals surface area contributed by atoms with Crippen LogP contribution in [0.15, 0.2) is 12.3 Å². The van der Waals surface area contributed by atoms with Crippen LogP contribution in [0.3, 0.4) is 0 Å². The van der Waals surface area contributed by atoms with Gasteiger partial charge in [0.2, 0.25) is 5.88 Å². The Morgan fingerprint density at radius 2 is 2.04 bits per heavy atom. The Balaban J connectivity index is 2.11. The molecule has 23 heavy (non-hydrogen) atoms. The van der Waals surface area contributed by atoms with Crippen molar-refractivity contribution in [2.45, 2.75) is 58.8 Å². The molecule has 1 fully saturated rings. The topological polar surface area (TPSA) is 81.6 Å². The van der Waals surface area contributed by atoms with E-state index in [-0.39, 0.29) is 17.5 Å². The first-order valence-electron chi connectivity index (χ1n) is 7.76. The highest BCUT2D eigenvalue weighted by Crippen LogP contribution is 2.22. The van der Waals surface area contributed by atoms with Crippen molar-refractivity contribution in [3.05, 3.63) is 18.1 Å². The first kappa shape index (κ1) is 17.2. The number of nitrogens with zero attached hydrogens (tertiary/aromatic N) is 3. The van der Waals surface area contributed by atoms with E-state index in [4.69, 9.17) is 9.47 Å². The third-order valence-corrected chi connectivity index (χ3v) is 3.28. The summed E-state index contributed by atoms with van der Waals surface area (Å²) in [6, 6.07) is 1.58. The van der Waals surface area contributed by atoms with E-state index in [1.807, 2.05) is 20.8 Å². The second-order valence-electron chi connectivity index (χ2n) is 6.52. The number of carbonyl (C=O) groups excluding carboxylic acids is 2. The summed E-state index contributed by atoms with van der Waals surface area (Å²) >= 11 is 0. The average Bonchev–Trinajstić information content (AvgIpc) is 2.46. The third kappa shape index (κ3) is 4.91. The van der Waals surface area contributed by atoms with Crippen LogP contribution in [0, 0.1) is 0 Å². The number of ketones is 1. The molecule has 0 saturated carbocycles. The fourth-order valence-electron chi connectivity index (χ4n) is 2.27. The molecule has 7 nitrogen and oxygen atoms in total. The molecule has 1 aromatic rings. The van der Waals surface area contributed by atoms with Gasteiger partial charge < -0.3 is 9.47 Å². The molecule has 0 aliphatic carbocycles. The molecule has 0 bridgehead atoms. The van der Waals surface area contributed by atoms with Crippen LogP contribution in [0.2, 0.25) is 0 Å². The van der Waals surface area contributed by atoms with Gasteiger partial charge in [-0.25, -0.2) is 9.78 Å². The smallest absolute Gasteiger partial charge is 0.413 e. The summed E-state index contributed by atoms with van der Waals surface area (Å²) in [4.78, 5) is 33.2. The lowest BCUT2D eigenvalue weighted by atomic mass is 10.1. The van der Waals surface area contributed by atoms with Crippen LogP contribution in [0.5, 0.6) is 5.88 Å². The number of ether oxygens (including phenoxy) is 2. The fraction of sp³-hybridized carbons (Fsp3) is 0.625. The van der Waals surface area contributed by atoms with Crippen molar-refractivity contribution in [2.24, 2.45) is 0 Å². The summed E-state index contributed by atoms with van der Waals surface area (Å²) in [6.07, 6.45) is 3.17. The van der Waals surface area contributed by atoms with Crippen molar-refractivity contribution >= 4 is 11.9 Å². The summed E-state index contributed by atoms with van der Waals surface area (Å²) < 4.78 is 11.2. The maximum atomic E-state index is 12.3. The van der Waals surface area contributed by atoms with E-state index in [9.17, 15) is 9.59 Å². The lowest BCUT2D eigenvalue weighted by Crippen LogP contribution is -2.48. The second kappa shape index (κ2) is 6.93. The Kier molecular flexibility index (Phi) is 5.18. The van der Waals surface area contributed by atoms with Gasteiger partial charge in [-0.1, -0.05) is 0 Å². The van der Waals surface area contributed by atoms with Gasteiger partial charge in [0.15, 0.2) is 17.8 Å². The molecular formula is C16H23N3O4. The maximum Gasteiger partial charge on any atom is 0.413 e. The molecule has 0 radical (unpaired) electrons. The number of amides is 1. The van der Waals surface area contributed by atoms with Gasteiger partial charge in [0.1, 0.15) is 5.60 Å². The SMILES string of the molecule is CC(=O)c1nccc(OC2CCCCN2C(=O)OC(C)(C)C)n1. The number of hydrogen-bond donors (Lipinski definition) is 0. The van der Waals surface area contributed by atoms with Crippen molar-refractivity contribution in [2.75, 3.05) is 6.54 Å². The molecule has 2 rings (SSSR count). The molecule has 1 saturated heterocycles. The maximum absolute atomic E-state index is 12.3. The first-order chi connectivity index (χ1) is 10.8. The number of Topliss-reactive ketones (excluding diaryl/α,β-unsaturated/α-hetero) is 1. The zero-order chi connectivity index (χ0) is 17.0. The number of rotatable bonds is 3. The van der Waals surface area contributed by atoms with Crippen LogP contribution in [-0.2, 0) is 4.74 Å². The third-order valence-electron chi connectivity index (χ3n) is 3.28. The fourth-order valence-corrected chi connectivity index (χ4v) is 2.27. The van der Waals surface area contributed by atoms with Gasteiger partial charge in [-0.15, -0.1) is 0 Å². The number of carbonyl (C=O) groups is 2. The molecule has 1 aromatic heterocycles. The Morgan fingerprint density at radius 3 is 2.70 bits per heavy atom. The molecule has 1 amide bonds. The molecule has 2 heterocycles. The number of aromatic nitrogens is 2. The Hall–Kier alpha value is -2.18. The van der Waals surface area contributed by atoms with Gasteiger partial charge in [-0.3, -0.25) is 9.69 Å². The lowest BCUT2D eigenvalue weighted by Gasteiger charge is -2.36. The monoisotopic (exact) mass is 321 g/mol. The van der Waals surface area contributed by atoms with Crippen molar-refractivity contribution in [1.29, 1.82) is 0 Å². The highest BCUT2D eigenvalue weighted by atomic mass is 16.6. The number of likely N-dealkylation sites (tertiary alicyclic amines) is 1. The molecule has 1 unspecified atom stereocenters. The normalized spacial score (nSPS) is 18.4. The highest BCUT2D eigenvalue weighted by molar-refractivity contribution is 5.90. The van der Waals surface area contributed by atoms with E-state index in [1.54, 1.807) is 11.0 Å². The molecule has 1 aliphatic rings. The van der Waals surface area contributed by atoms with Crippen molar-refractivity contribution in [3.63, 3.8) is 0 Å². The van der Waals surface area contributed by atoms with Gasteiger partial charge in [0.25, 0.3) is 0 Å². The Labute approximate surface area is 136 Å². The predicted octanol–water partition coefficient (Wildman–Crippen LogP) is 2.81. The standard InChI is InChI=1S/C16H23N3O4/c1-11(20)14-17-9-8-12(18-14)22-13-7-5-6-10-19(13)15(21)23-16(2,3)4/h8-9,13H,5-7,10H2,1-4H3. The molecule has 1 atom stereocenters. The molecule has 1 aliphatic heterocycles. The number of piperidine rings is 1. The van der Waals surface area contributed by atoms with Crippen LogP contribution >= 0.6 is 0 Å². The van der Waals surface area contributed by atoms with Crippen LogP contribution in [0.4, 0.5) is 4.79 Å². The van der Waals surface area contributed by atoms with Gasteiger partial charge >= 0.3 is 6.09 Å². The Morgan fingerprint density at radius 1 is 1.30 bits per heavy atom. The summed E-state index contributed by atoms with van der Waals surface area (Å²) in [5.41, 5.74) is -0.560. The van der Waals surface area contributed by atoms with Crippen molar-refractivity contribution in [3.8, 4) is 5.88 Å². The number of hydrogen-bond acceptors (Lipinski definition) is 6. The Bertz CT molecular complexity index is 583. The van der Waals surface area contributed by atoms with E-state index >= 15 is 0 Å². The molecule has 0 spiro atoms. The van der Waals surface area contributed by atoms with Gasteiger partial charge in [-0.2, -0.15) is 4.98 Å². The van der Waals surface area contributed by atoms with E-state index in [0.29, 0.717) is 13.0 Å². The minimum absolute atomic E-state index is 0.0992. The van der Waals surface area contributed by atoms with E-state index in [1.165, 1.54) is 13.1 Å². The second-order valence-corrected chi connectivity index (χ2v) is 6.52. The zero-order valence-electron chi connectivity index (χ0n) is 14.0. The zero-order valence-corrected chi connectivity index (χ0v) is 14.0. The van der Waals surface area contributed by atoms with E-state index in [2.05, 4.69) is 9.97 Å². The quantitative estimate of drug-likeness (QED) is 0.796. The van der Waals surface area contributed by atoms with Crippen LogP contribution in [-0.4, -0.2) is 45.1 Å². The minimum atomic E-state index is -0.560. The summed E-state index contributed by atoms with van der Waals surface area (Å²) in [5, 5.41) is 0. The summed E-state index contributed by atoms with van der Waals surface area (Å²) in [6.45, 7) is 7.45. The van der Waals surface area contributed by atoms with Gasteiger partial charge in [-0.05, 0) is 33.6 Å². The average molecular weight is 321 g/mol. The van der Waals surface area contributed by atoms with Gasteiger partial charge in [0.05, 0.1) is 0 Å². The minimum Gasteiger partial charge on any atom is -0.453 e. The largest absolute Gasteiger partial charge is 0.453 e. The van der Waals surface area contributed by atoms with Crippen molar-refractivity contribution < 1.29 is 19.1 Å². The van der Waals surface area contributed by atoms with Gasteiger partial charge in [0, 0.05) is 32.2 Å². The van der Waals surface area contributed by atoms with Crippen LogP contribution < -0.4 is 4.74 Å². The first-order valence-corrected chi connectivity index (χ1v) is 7.76. The van der Waals surface area contributed by atoms with Crippen LogP contribution in [0.25, 0.3) is 0 Å². The molecule has 0 aromatic carbocycles. The highest BCUT2D eigenvalue weighted by Gasteiger charge is 2.32. The van der Waals surface area contributed by atoms with E-state index < -0.39 is 17.9 Å². The molecule has 126 valence electrons. The molecule has 0 N–H and O–H groups in total. The molecular weight excluding hydrogens is 298 g/mol. The lowest BCUT2D eigenvalue weighted by molar-refractivity contribution is -0.0356. The molecule has 7 heteroatoms. The van der Waals surface area contributed by atoms with Crippen molar-refractivity contribution in [1.82, 2.24) is 14.9 Å². The summed E-state index contributed by atoms with van der Waals surface area (Å²) in [7, 11) is 0. The predicted molar refractivity (Wildman–Crippen MR) is 83.2 cm³/mol. The summed E-state index contributed by atoms with van der Waals surface area (Å²) in [5.74, 6) is 0.149.